The van der Waals surface area contributed by atoms with Crippen molar-refractivity contribution in [2.24, 2.45) is 5.73 Å². The number of H-pyrrole nitrogens is 1. The van der Waals surface area contributed by atoms with Crippen LogP contribution in [0.4, 0.5) is 0 Å². The zero-order valence-corrected chi connectivity index (χ0v) is 38.5. The van der Waals surface area contributed by atoms with Crippen molar-refractivity contribution in [1.29, 1.82) is 0 Å². The Hall–Kier alpha value is -7.90. The van der Waals surface area contributed by atoms with Gasteiger partial charge in [-0.1, -0.05) is 203 Å². The molecule has 0 aliphatic heterocycles. The second-order valence-corrected chi connectivity index (χ2v) is 15.3. The van der Waals surface area contributed by atoms with Gasteiger partial charge >= 0.3 is 0 Å². The number of benzene rings is 7. The molecule has 8 rings (SSSR count). The van der Waals surface area contributed by atoms with E-state index in [2.05, 4.69) is 189 Å². The SMILES string of the molecule is C=C/C=C(\C=C(/C)c1ccccc1C/C=C(\C=C(/N)c1ccccc1)c1ccccc1)c1ccc2[nH]c3ccccc3c2c1.C=Cc1c(/C=C\C)cc(C=C=CC)c2ccccc12.CC. The molecule has 0 radical (unpaired) electrons. The Balaban J connectivity index is 0.000000278. The van der Waals surface area contributed by atoms with Crippen LogP contribution in [0.25, 0.3) is 73.2 Å². The van der Waals surface area contributed by atoms with Gasteiger partial charge in [-0.2, -0.15) is 0 Å². The third-order valence-corrected chi connectivity index (χ3v) is 11.1. The van der Waals surface area contributed by atoms with Gasteiger partial charge in [0.1, 0.15) is 0 Å². The van der Waals surface area contributed by atoms with Crippen LogP contribution in [-0.4, -0.2) is 4.98 Å². The Morgan fingerprint density at radius 1 is 0.615 bits per heavy atom. The summed E-state index contributed by atoms with van der Waals surface area (Å²) in [5.74, 6) is 0. The highest BCUT2D eigenvalue weighted by Crippen LogP contribution is 2.32. The molecule has 65 heavy (non-hydrogen) atoms. The minimum Gasteiger partial charge on any atom is -0.398 e. The maximum absolute atomic E-state index is 6.57. The monoisotopic (exact) mass is 844 g/mol. The molecule has 0 aliphatic carbocycles. The average Bonchev–Trinajstić information content (AvgIpc) is 3.74. The van der Waals surface area contributed by atoms with Gasteiger partial charge in [-0.15, -0.1) is 5.73 Å². The van der Waals surface area contributed by atoms with E-state index < -0.39 is 0 Å². The van der Waals surface area contributed by atoms with Crippen molar-refractivity contribution in [1.82, 2.24) is 4.98 Å². The molecule has 0 saturated heterocycles. The molecule has 2 nitrogen and oxygen atoms in total. The molecule has 1 heterocycles. The number of nitrogens with two attached hydrogens (primary N) is 1. The maximum atomic E-state index is 6.57. The Kier molecular flexibility index (Phi) is 16.9. The van der Waals surface area contributed by atoms with Crippen LogP contribution in [0.2, 0.25) is 0 Å². The topological polar surface area (TPSA) is 41.8 Å². The highest BCUT2D eigenvalue weighted by molar-refractivity contribution is 6.08. The molecule has 0 atom stereocenters. The largest absolute Gasteiger partial charge is 0.398 e. The summed E-state index contributed by atoms with van der Waals surface area (Å²) in [5.41, 5.74) is 25.6. The van der Waals surface area contributed by atoms with E-state index in [1.54, 1.807) is 0 Å². The lowest BCUT2D eigenvalue weighted by Gasteiger charge is -2.12. The summed E-state index contributed by atoms with van der Waals surface area (Å²) in [7, 11) is 0. The first-order valence-electron chi connectivity index (χ1n) is 22.5. The van der Waals surface area contributed by atoms with Crippen molar-refractivity contribution < 1.29 is 0 Å². The number of rotatable bonds is 12. The minimum atomic E-state index is 0.747. The second kappa shape index (κ2) is 23.5. The van der Waals surface area contributed by atoms with E-state index in [0.29, 0.717) is 0 Å². The van der Waals surface area contributed by atoms with Crippen molar-refractivity contribution in [3.63, 3.8) is 0 Å². The van der Waals surface area contributed by atoms with E-state index in [0.717, 1.165) is 51.0 Å². The molecule has 0 saturated carbocycles. The van der Waals surface area contributed by atoms with Crippen molar-refractivity contribution in [2.75, 3.05) is 0 Å². The lowest BCUT2D eigenvalue weighted by atomic mass is 9.93. The number of hydrogen-bond donors (Lipinski definition) is 2. The number of aromatic amines is 1. The van der Waals surface area contributed by atoms with Gasteiger partial charge in [-0.25, -0.2) is 0 Å². The molecule has 3 N–H and O–H groups in total. The van der Waals surface area contributed by atoms with Crippen LogP contribution in [0.15, 0.2) is 219 Å². The van der Waals surface area contributed by atoms with Gasteiger partial charge in [0.2, 0.25) is 0 Å². The lowest BCUT2D eigenvalue weighted by molar-refractivity contribution is 1.25. The van der Waals surface area contributed by atoms with Crippen molar-refractivity contribution in [2.45, 2.75) is 41.0 Å². The smallest absolute Gasteiger partial charge is 0.0465 e. The van der Waals surface area contributed by atoms with Crippen molar-refractivity contribution in [3.8, 4) is 0 Å². The molecule has 0 amide bonds. The highest BCUT2D eigenvalue weighted by Gasteiger charge is 2.10. The Labute approximate surface area is 386 Å². The molecule has 2 heteroatoms. The van der Waals surface area contributed by atoms with Crippen LogP contribution in [0.5, 0.6) is 0 Å². The zero-order chi connectivity index (χ0) is 46.0. The second-order valence-electron chi connectivity index (χ2n) is 15.3. The molecule has 0 fully saturated rings. The number of nitrogens with one attached hydrogen (secondary N) is 1. The minimum absolute atomic E-state index is 0.747. The van der Waals surface area contributed by atoms with Gasteiger partial charge < -0.3 is 10.7 Å². The predicted octanol–water partition coefficient (Wildman–Crippen LogP) is 17.4. The first kappa shape index (κ1) is 46.6. The summed E-state index contributed by atoms with van der Waals surface area (Å²) in [6.45, 7) is 18.2. The van der Waals surface area contributed by atoms with Crippen LogP contribution in [-0.2, 0) is 6.42 Å². The maximum Gasteiger partial charge on any atom is 0.0465 e. The molecule has 322 valence electrons. The highest BCUT2D eigenvalue weighted by atomic mass is 14.7. The van der Waals surface area contributed by atoms with E-state index in [4.69, 9.17) is 5.73 Å². The summed E-state index contributed by atoms with van der Waals surface area (Å²) in [5, 5.41) is 4.93. The molecule has 0 aliphatic rings. The fourth-order valence-corrected chi connectivity index (χ4v) is 8.05. The molecule has 1 aromatic heterocycles. The number of allylic oxidation sites excluding steroid dienone is 10. The molecule has 0 spiro atoms. The standard InChI is InChI=1S/C42H36N2.C19H18.C2H6/c1-3-14-34(35-25-26-42-39(28-35)38-21-12-13-22-41(38)44-42)27-30(2)37-20-11-10-17-32(37)23-24-36(31-15-6-4-7-16-31)29-40(43)33-18-8-5-9-19-33;1-4-7-11-16-14-15(10-5-2)17(6-3)19-13-9-8-12-18(16)19;1-2/h3-22,24-29,44H,1,23,43H2,2H3;4-6,8-14H,3H2,1-2H3;1-2H3/b30-27+,34-14+,36-24+,40-29-;10-5-;. The summed E-state index contributed by atoms with van der Waals surface area (Å²) < 4.78 is 0. The molecule has 0 unspecified atom stereocenters. The van der Waals surface area contributed by atoms with Gasteiger partial charge in [-0.05, 0) is 142 Å². The molecule has 8 aromatic rings. The first-order valence-corrected chi connectivity index (χ1v) is 22.5. The molecule has 0 bridgehead atoms. The normalized spacial score (nSPS) is 12.0. The zero-order valence-electron chi connectivity index (χ0n) is 38.5. The predicted molar refractivity (Wildman–Crippen MR) is 289 cm³/mol. The summed E-state index contributed by atoms with van der Waals surface area (Å²) in [6.07, 6.45) is 21.4. The number of hydrogen-bond acceptors (Lipinski definition) is 1. The van der Waals surface area contributed by atoms with E-state index in [-0.39, 0.29) is 0 Å². The van der Waals surface area contributed by atoms with E-state index in [9.17, 15) is 0 Å². The average molecular weight is 845 g/mol. The number of para-hydroxylation sites is 1. The number of fused-ring (bicyclic) bond motifs is 4. The fraction of sp³-hybridized carbons (Fsp3) is 0.0952. The summed E-state index contributed by atoms with van der Waals surface area (Å²) >= 11 is 0. The fourth-order valence-electron chi connectivity index (χ4n) is 8.05. The van der Waals surface area contributed by atoms with Crippen LogP contribution in [0.1, 0.15) is 79.1 Å². The van der Waals surface area contributed by atoms with Gasteiger partial charge in [-0.3, -0.25) is 0 Å². The third-order valence-electron chi connectivity index (χ3n) is 11.1. The molecular weight excluding hydrogens is 785 g/mol. The third kappa shape index (κ3) is 11.6. The Bertz CT molecular complexity index is 3120. The first-order chi connectivity index (χ1) is 31.9. The summed E-state index contributed by atoms with van der Waals surface area (Å²) in [4.78, 5) is 3.53. The van der Waals surface area contributed by atoms with Gasteiger partial charge in [0.05, 0.1) is 0 Å². The lowest BCUT2D eigenvalue weighted by Crippen LogP contribution is -1.97. The Morgan fingerprint density at radius 2 is 1.25 bits per heavy atom. The van der Waals surface area contributed by atoms with Crippen LogP contribution in [0, 0.1) is 0 Å². The van der Waals surface area contributed by atoms with E-state index >= 15 is 0 Å². The van der Waals surface area contributed by atoms with Crippen LogP contribution >= 0.6 is 0 Å². The molecular formula is C63H60N2. The van der Waals surface area contributed by atoms with E-state index in [1.165, 1.54) is 54.9 Å². The Morgan fingerprint density at radius 3 is 1.94 bits per heavy atom. The van der Waals surface area contributed by atoms with Crippen molar-refractivity contribution >= 4 is 73.2 Å². The number of aromatic nitrogens is 1. The van der Waals surface area contributed by atoms with Gasteiger partial charge in [0, 0.05) is 27.5 Å². The van der Waals surface area contributed by atoms with Crippen molar-refractivity contribution in [3.05, 3.63) is 264 Å². The van der Waals surface area contributed by atoms with Crippen LogP contribution in [0.3, 0.4) is 0 Å². The van der Waals surface area contributed by atoms with Gasteiger partial charge in [0.15, 0.2) is 0 Å². The van der Waals surface area contributed by atoms with Gasteiger partial charge in [0.25, 0.3) is 0 Å². The van der Waals surface area contributed by atoms with Crippen LogP contribution < -0.4 is 5.73 Å². The van der Waals surface area contributed by atoms with E-state index in [1.807, 2.05) is 88.4 Å². The summed E-state index contributed by atoms with van der Waals surface area (Å²) in [6, 6.07) is 54.9. The molecule has 7 aromatic carbocycles. The quantitative estimate of drug-likeness (QED) is 0.0934.